The van der Waals surface area contributed by atoms with Crippen molar-refractivity contribution in [3.63, 3.8) is 0 Å². The smallest absolute Gasteiger partial charge is 0.317 e. The number of carboxylic acid groups (broad SMARTS) is 3. The van der Waals surface area contributed by atoms with Gasteiger partial charge >= 0.3 is 17.9 Å². The van der Waals surface area contributed by atoms with Crippen molar-refractivity contribution in [3.8, 4) is 67.8 Å². The number of carboxylic acids is 3. The van der Waals surface area contributed by atoms with E-state index >= 15 is 0 Å². The molecule has 0 atom stereocenters. The summed E-state index contributed by atoms with van der Waals surface area (Å²) in [5.41, 5.74) is 13.1. The van der Waals surface area contributed by atoms with Gasteiger partial charge in [0.25, 0.3) is 0 Å². The third kappa shape index (κ3) is 16.8. The van der Waals surface area contributed by atoms with Gasteiger partial charge in [-0.25, -0.2) is 19.9 Å². The Bertz CT molecular complexity index is 3470. The van der Waals surface area contributed by atoms with Crippen molar-refractivity contribution in [2.24, 2.45) is 0 Å². The molecule has 0 saturated carbocycles. The summed E-state index contributed by atoms with van der Waals surface area (Å²) in [6, 6.07) is 46.4. The van der Waals surface area contributed by atoms with Gasteiger partial charge in [0, 0.05) is 38.1 Å². The molecule has 6 heterocycles. The van der Waals surface area contributed by atoms with Crippen molar-refractivity contribution in [2.45, 2.75) is 33.9 Å². The van der Waals surface area contributed by atoms with Gasteiger partial charge in [-0.05, 0) is 116 Å². The van der Waals surface area contributed by atoms with Crippen LogP contribution >= 0.6 is 0 Å². The lowest BCUT2D eigenvalue weighted by atomic mass is 10.0. The van der Waals surface area contributed by atoms with Crippen LogP contribution in [0.4, 0.5) is 0 Å². The molecule has 0 aliphatic carbocycles. The molecule has 19 heteroatoms. The van der Waals surface area contributed by atoms with Crippen LogP contribution in [-0.2, 0) is 37.1 Å². The van der Waals surface area contributed by atoms with Crippen LogP contribution in [0.5, 0.6) is 0 Å². The maximum atomic E-state index is 13.4. The van der Waals surface area contributed by atoms with E-state index in [4.69, 9.17) is 24.9 Å². The summed E-state index contributed by atoms with van der Waals surface area (Å²) in [6.07, 6.45) is 1.70. The standard InChI is InChI=1S/C61H61N11O8/c1-40-16-20-43(21-17-40)45-29-53(49-12-4-5-24-62-49)68-55(31-45)51-14-7-10-47(66-51)33-63-57(73)35-71(38-60(77)78)27-25-70(37-59(75)76)26-28-72(39-61(79)80)36-58(74)64-34-48-11-8-15-52(67-48)56-32-46(44-22-18-41(2)19-23-44)30-54(69-56)50-13-6-9-42(3)65-50/h4-24,29-32H,25-28,33-39H2,1-3H3,(H,63,73)(H,64,74)(H,75,76)(H,77,78)(H,79,80). The van der Waals surface area contributed by atoms with Crippen LogP contribution in [0.2, 0.25) is 0 Å². The molecule has 0 spiro atoms. The van der Waals surface area contributed by atoms with Crippen LogP contribution in [0.3, 0.4) is 0 Å². The molecule has 0 aliphatic heterocycles. The number of nitrogens with zero attached hydrogens (tertiary/aromatic N) is 9. The molecule has 0 radical (unpaired) electrons. The van der Waals surface area contributed by atoms with E-state index in [1.54, 1.807) is 18.3 Å². The van der Waals surface area contributed by atoms with E-state index < -0.39 is 49.4 Å². The zero-order valence-corrected chi connectivity index (χ0v) is 44.6. The first-order valence-corrected chi connectivity index (χ1v) is 25.9. The molecular formula is C61H61N11O8. The summed E-state index contributed by atoms with van der Waals surface area (Å²) in [5.74, 6) is -4.55. The monoisotopic (exact) mass is 1080 g/mol. The number of benzene rings is 2. The molecular weight excluding hydrogens is 1010 g/mol. The minimum atomic E-state index is -1.20. The Labute approximate surface area is 463 Å². The molecule has 0 bridgehead atoms. The highest BCUT2D eigenvalue weighted by Gasteiger charge is 2.21. The quantitative estimate of drug-likeness (QED) is 0.0363. The number of aryl methyl sites for hydroxylation is 3. The average Bonchev–Trinajstić information content (AvgIpc) is 3.47. The maximum Gasteiger partial charge on any atom is 0.317 e. The molecule has 2 amide bonds. The van der Waals surface area contributed by atoms with E-state index in [0.29, 0.717) is 56.9 Å². The summed E-state index contributed by atoms with van der Waals surface area (Å²) in [5, 5.41) is 35.0. The van der Waals surface area contributed by atoms with Gasteiger partial charge < -0.3 is 26.0 Å². The van der Waals surface area contributed by atoms with E-state index in [0.717, 1.165) is 39.1 Å². The number of carbonyl (C=O) groups excluding carboxylic acids is 2. The average molecular weight is 1080 g/mol. The maximum absolute atomic E-state index is 13.4. The molecule has 2 aromatic carbocycles. The molecule has 0 fully saturated rings. The van der Waals surface area contributed by atoms with Gasteiger partial charge in [0.1, 0.15) is 0 Å². The van der Waals surface area contributed by atoms with E-state index in [9.17, 15) is 39.3 Å². The lowest BCUT2D eigenvalue weighted by Gasteiger charge is -2.28. The van der Waals surface area contributed by atoms with Gasteiger partial charge in [0.15, 0.2) is 0 Å². The third-order valence-electron chi connectivity index (χ3n) is 12.8. The molecule has 0 unspecified atom stereocenters. The number of carbonyl (C=O) groups is 5. The number of rotatable bonds is 26. The van der Waals surface area contributed by atoms with Crippen molar-refractivity contribution in [3.05, 3.63) is 180 Å². The molecule has 8 rings (SSSR count). The zero-order chi connectivity index (χ0) is 56.5. The lowest BCUT2D eigenvalue weighted by molar-refractivity contribution is -0.141. The van der Waals surface area contributed by atoms with Crippen LogP contribution in [0.1, 0.15) is 28.2 Å². The number of pyridine rings is 6. The second kappa shape index (κ2) is 27.2. The predicted molar refractivity (Wildman–Crippen MR) is 302 cm³/mol. The number of nitrogens with one attached hydrogen (secondary N) is 2. The largest absolute Gasteiger partial charge is 0.480 e. The first-order chi connectivity index (χ1) is 38.6. The summed E-state index contributed by atoms with van der Waals surface area (Å²) >= 11 is 0. The van der Waals surface area contributed by atoms with Gasteiger partial charge in [-0.1, -0.05) is 83.9 Å². The van der Waals surface area contributed by atoms with Crippen molar-refractivity contribution < 1.29 is 39.3 Å². The molecule has 8 aromatic rings. The van der Waals surface area contributed by atoms with Crippen molar-refractivity contribution in [2.75, 3.05) is 58.9 Å². The second-order valence-corrected chi connectivity index (χ2v) is 19.3. The number of aliphatic carboxylic acids is 3. The van der Waals surface area contributed by atoms with Gasteiger partial charge in [-0.2, -0.15) is 0 Å². The Morgan fingerprint density at radius 1 is 0.388 bits per heavy atom. The summed E-state index contributed by atoms with van der Waals surface area (Å²) in [7, 11) is 0. The predicted octanol–water partition coefficient (Wildman–Crippen LogP) is 7.08. The fourth-order valence-electron chi connectivity index (χ4n) is 8.79. The Kier molecular flexibility index (Phi) is 19.3. The van der Waals surface area contributed by atoms with E-state index in [1.165, 1.54) is 14.7 Å². The Morgan fingerprint density at radius 2 is 0.775 bits per heavy atom. The highest BCUT2D eigenvalue weighted by molar-refractivity contribution is 5.80. The SMILES string of the molecule is Cc1ccc(-c2cc(-c3ccccn3)nc(-c3cccc(CNC(=O)CN(CCN(CCN(CC(=O)O)CC(=O)NCc4cccc(-c5cc(-c6ccc(C)cc6)cc(-c6cccc(C)n6)n5)n4)CC(=O)O)CC(=O)O)n3)c2)cc1. The summed E-state index contributed by atoms with van der Waals surface area (Å²) in [4.78, 5) is 95.7. The van der Waals surface area contributed by atoms with E-state index in [-0.39, 0.29) is 52.4 Å². The van der Waals surface area contributed by atoms with Crippen molar-refractivity contribution >= 4 is 29.7 Å². The third-order valence-corrected chi connectivity index (χ3v) is 12.8. The molecule has 0 saturated heterocycles. The Balaban J connectivity index is 0.871. The van der Waals surface area contributed by atoms with Gasteiger partial charge in [-0.15, -0.1) is 0 Å². The van der Waals surface area contributed by atoms with Crippen LogP contribution in [0.25, 0.3) is 67.8 Å². The number of aromatic nitrogens is 6. The minimum absolute atomic E-state index is 0.00638. The molecule has 5 N–H and O–H groups in total. The van der Waals surface area contributed by atoms with Crippen LogP contribution in [0, 0.1) is 20.8 Å². The fourth-order valence-corrected chi connectivity index (χ4v) is 8.79. The molecule has 408 valence electrons. The van der Waals surface area contributed by atoms with E-state index in [1.807, 2.05) is 154 Å². The van der Waals surface area contributed by atoms with Gasteiger partial charge in [0.05, 0.1) is 103 Å². The Morgan fingerprint density at radius 3 is 1.19 bits per heavy atom. The topological polar surface area (TPSA) is 257 Å². The minimum Gasteiger partial charge on any atom is -0.480 e. The van der Waals surface area contributed by atoms with Crippen molar-refractivity contribution in [1.82, 2.24) is 55.2 Å². The van der Waals surface area contributed by atoms with Crippen LogP contribution in [-0.4, -0.2) is 149 Å². The number of hydrogen-bond acceptors (Lipinski definition) is 14. The first-order valence-electron chi connectivity index (χ1n) is 25.9. The number of hydrogen-bond donors (Lipinski definition) is 5. The molecule has 6 aromatic heterocycles. The lowest BCUT2D eigenvalue weighted by Crippen LogP contribution is -2.47. The molecule has 0 aliphatic rings. The Hall–Kier alpha value is -9.43. The first kappa shape index (κ1) is 56.8. The van der Waals surface area contributed by atoms with Gasteiger partial charge in [-0.3, -0.25) is 48.6 Å². The normalized spacial score (nSPS) is 11.2. The molecule has 19 nitrogen and oxygen atoms in total. The number of amides is 2. The van der Waals surface area contributed by atoms with Crippen LogP contribution in [0.15, 0.2) is 152 Å². The fraction of sp³-hybridized carbons (Fsp3) is 0.230. The summed E-state index contributed by atoms with van der Waals surface area (Å²) in [6.45, 7) is 3.81. The highest BCUT2D eigenvalue weighted by atomic mass is 16.4. The zero-order valence-electron chi connectivity index (χ0n) is 44.6. The summed E-state index contributed by atoms with van der Waals surface area (Å²) < 4.78 is 0. The van der Waals surface area contributed by atoms with Gasteiger partial charge in [0.2, 0.25) is 11.8 Å². The van der Waals surface area contributed by atoms with Crippen LogP contribution < -0.4 is 10.6 Å². The molecule has 80 heavy (non-hydrogen) atoms. The van der Waals surface area contributed by atoms with E-state index in [2.05, 4.69) is 15.6 Å². The van der Waals surface area contributed by atoms with Crippen molar-refractivity contribution in [1.29, 1.82) is 0 Å². The second-order valence-electron chi connectivity index (χ2n) is 19.3. The highest BCUT2D eigenvalue weighted by Crippen LogP contribution is 2.31.